The van der Waals surface area contributed by atoms with Gasteiger partial charge < -0.3 is 9.84 Å². The summed E-state index contributed by atoms with van der Waals surface area (Å²) in [5.74, 6) is -1.80. The van der Waals surface area contributed by atoms with Gasteiger partial charge in [0.25, 0.3) is 0 Å². The summed E-state index contributed by atoms with van der Waals surface area (Å²) in [5.41, 5.74) is -0.0211. The number of hydrogen-bond acceptors (Lipinski definition) is 4. The first-order chi connectivity index (χ1) is 10.5. The predicted octanol–water partition coefficient (Wildman–Crippen LogP) is 4.37. The predicted molar refractivity (Wildman–Crippen MR) is 84.9 cm³/mol. The van der Waals surface area contributed by atoms with E-state index in [9.17, 15) is 9.59 Å². The molecule has 0 bridgehead atoms. The van der Waals surface area contributed by atoms with Crippen molar-refractivity contribution in [1.82, 2.24) is 0 Å². The van der Waals surface area contributed by atoms with E-state index in [4.69, 9.17) is 21.4 Å². The molecule has 1 N–H and O–H groups in total. The van der Waals surface area contributed by atoms with Crippen LogP contribution in [0.1, 0.15) is 27.6 Å². The van der Waals surface area contributed by atoms with Gasteiger partial charge in [0.05, 0.1) is 17.7 Å². The fourth-order valence-corrected chi connectivity index (χ4v) is 2.77. The average Bonchev–Trinajstić information content (AvgIpc) is 2.49. The lowest BCUT2D eigenvalue weighted by molar-refractivity contribution is 0.0514. The molecule has 2 aromatic rings. The Balaban J connectivity index is 2.33. The Morgan fingerprint density at radius 3 is 2.32 bits per heavy atom. The summed E-state index contributed by atoms with van der Waals surface area (Å²) in [6.07, 6.45) is 0. The minimum Gasteiger partial charge on any atom is -0.478 e. The molecule has 0 radical (unpaired) electrons. The fraction of sp³-hybridized carbons (Fsp3) is 0.125. The molecule has 2 rings (SSSR count). The highest BCUT2D eigenvalue weighted by Gasteiger charge is 2.18. The molecule has 2 aromatic carbocycles. The summed E-state index contributed by atoms with van der Waals surface area (Å²) < 4.78 is 4.91. The molecule has 0 aliphatic rings. The third-order valence-electron chi connectivity index (χ3n) is 2.77. The Bertz CT molecular complexity index is 698. The van der Waals surface area contributed by atoms with Crippen LogP contribution in [-0.4, -0.2) is 23.7 Å². The van der Waals surface area contributed by atoms with Crippen LogP contribution in [0, 0.1) is 0 Å². The first kappa shape index (κ1) is 16.4. The van der Waals surface area contributed by atoms with Gasteiger partial charge in [0.1, 0.15) is 0 Å². The summed E-state index contributed by atoms with van der Waals surface area (Å²) in [6.45, 7) is 1.86. The summed E-state index contributed by atoms with van der Waals surface area (Å²) in [7, 11) is 0. The number of halogens is 1. The van der Waals surface area contributed by atoms with E-state index in [0.717, 1.165) is 9.79 Å². The molecule has 0 saturated heterocycles. The van der Waals surface area contributed by atoms with Crippen molar-refractivity contribution in [2.24, 2.45) is 0 Å². The normalized spacial score (nSPS) is 10.3. The topological polar surface area (TPSA) is 63.6 Å². The molecule has 0 amide bonds. The van der Waals surface area contributed by atoms with Crippen LogP contribution in [0.5, 0.6) is 0 Å². The van der Waals surface area contributed by atoms with Crippen LogP contribution in [0.25, 0.3) is 0 Å². The number of rotatable bonds is 5. The molecule has 0 heterocycles. The van der Waals surface area contributed by atoms with E-state index in [0.29, 0.717) is 5.02 Å². The molecule has 0 aliphatic heterocycles. The van der Waals surface area contributed by atoms with Crippen LogP contribution >= 0.6 is 23.4 Å². The van der Waals surface area contributed by atoms with Crippen molar-refractivity contribution in [1.29, 1.82) is 0 Å². The quantitative estimate of drug-likeness (QED) is 0.821. The highest BCUT2D eigenvalue weighted by Crippen LogP contribution is 2.30. The molecule has 0 fully saturated rings. The number of carbonyl (C=O) groups is 2. The minimum absolute atomic E-state index is 0.0494. The van der Waals surface area contributed by atoms with Gasteiger partial charge in [-0.05, 0) is 49.4 Å². The molecule has 0 spiro atoms. The first-order valence-electron chi connectivity index (χ1n) is 6.49. The molecular formula is C16H13ClO4S. The summed E-state index contributed by atoms with van der Waals surface area (Å²) in [6, 6.07) is 11.8. The second kappa shape index (κ2) is 7.33. The zero-order valence-electron chi connectivity index (χ0n) is 11.7. The zero-order chi connectivity index (χ0) is 16.1. The Labute approximate surface area is 137 Å². The van der Waals surface area contributed by atoms with Gasteiger partial charge in [0.2, 0.25) is 0 Å². The van der Waals surface area contributed by atoms with E-state index in [-0.39, 0.29) is 17.7 Å². The lowest BCUT2D eigenvalue weighted by atomic mass is 10.1. The molecule has 0 unspecified atom stereocenters. The standard InChI is InChI=1S/C16H13ClO4S/c1-2-21-16(20)14-9-12(7-8-13(14)15(18)19)22-11-5-3-10(17)4-6-11/h3-9H,2H2,1H3,(H,18,19). The van der Waals surface area contributed by atoms with Crippen LogP contribution in [0.3, 0.4) is 0 Å². The van der Waals surface area contributed by atoms with Gasteiger partial charge in [-0.1, -0.05) is 23.4 Å². The van der Waals surface area contributed by atoms with Crippen molar-refractivity contribution in [2.75, 3.05) is 6.61 Å². The highest BCUT2D eigenvalue weighted by atomic mass is 35.5. The molecule has 0 saturated carbocycles. The maximum atomic E-state index is 11.9. The van der Waals surface area contributed by atoms with Crippen LogP contribution in [0.2, 0.25) is 5.02 Å². The monoisotopic (exact) mass is 336 g/mol. The van der Waals surface area contributed by atoms with Gasteiger partial charge in [-0.2, -0.15) is 0 Å². The van der Waals surface area contributed by atoms with E-state index >= 15 is 0 Å². The van der Waals surface area contributed by atoms with Crippen molar-refractivity contribution in [2.45, 2.75) is 16.7 Å². The Hall–Kier alpha value is -1.98. The molecule has 4 nitrogen and oxygen atoms in total. The number of hydrogen-bond donors (Lipinski definition) is 1. The number of carbonyl (C=O) groups excluding carboxylic acids is 1. The van der Waals surface area contributed by atoms with E-state index < -0.39 is 11.9 Å². The molecule has 6 heteroatoms. The van der Waals surface area contributed by atoms with Gasteiger partial charge in [0.15, 0.2) is 0 Å². The number of esters is 1. The first-order valence-corrected chi connectivity index (χ1v) is 7.68. The van der Waals surface area contributed by atoms with E-state index in [1.165, 1.54) is 23.9 Å². The van der Waals surface area contributed by atoms with Gasteiger partial charge in [-0.15, -0.1) is 0 Å². The van der Waals surface area contributed by atoms with Crippen molar-refractivity contribution in [3.8, 4) is 0 Å². The highest BCUT2D eigenvalue weighted by molar-refractivity contribution is 7.99. The summed E-state index contributed by atoms with van der Waals surface area (Å²) >= 11 is 7.24. The third-order valence-corrected chi connectivity index (χ3v) is 4.02. The smallest absolute Gasteiger partial charge is 0.339 e. The average molecular weight is 337 g/mol. The van der Waals surface area contributed by atoms with Crippen LogP contribution in [0.4, 0.5) is 0 Å². The third kappa shape index (κ3) is 4.02. The number of carboxylic acids is 1. The van der Waals surface area contributed by atoms with Crippen LogP contribution in [0.15, 0.2) is 52.3 Å². The maximum Gasteiger partial charge on any atom is 0.339 e. The second-order valence-electron chi connectivity index (χ2n) is 4.29. The Morgan fingerprint density at radius 2 is 1.73 bits per heavy atom. The lowest BCUT2D eigenvalue weighted by Gasteiger charge is -2.08. The summed E-state index contributed by atoms with van der Waals surface area (Å²) in [4.78, 5) is 24.8. The Kier molecular flexibility index (Phi) is 5.46. The van der Waals surface area contributed by atoms with E-state index in [1.807, 2.05) is 12.1 Å². The number of carboxylic acid groups (broad SMARTS) is 1. The molecule has 0 aliphatic carbocycles. The van der Waals surface area contributed by atoms with Crippen LogP contribution < -0.4 is 0 Å². The minimum atomic E-state index is -1.16. The fourth-order valence-electron chi connectivity index (χ4n) is 1.79. The number of ether oxygens (including phenoxy) is 1. The molecule has 0 aromatic heterocycles. The zero-order valence-corrected chi connectivity index (χ0v) is 13.3. The van der Waals surface area contributed by atoms with E-state index in [2.05, 4.69) is 0 Å². The Morgan fingerprint density at radius 1 is 1.09 bits per heavy atom. The molecular weight excluding hydrogens is 324 g/mol. The molecule has 22 heavy (non-hydrogen) atoms. The summed E-state index contributed by atoms with van der Waals surface area (Å²) in [5, 5.41) is 9.80. The SMILES string of the molecule is CCOC(=O)c1cc(Sc2ccc(Cl)cc2)ccc1C(=O)O. The van der Waals surface area contributed by atoms with E-state index in [1.54, 1.807) is 25.1 Å². The number of aromatic carboxylic acids is 1. The lowest BCUT2D eigenvalue weighted by Crippen LogP contribution is -2.11. The van der Waals surface area contributed by atoms with Gasteiger partial charge >= 0.3 is 11.9 Å². The van der Waals surface area contributed by atoms with Crippen molar-refractivity contribution in [3.63, 3.8) is 0 Å². The molecule has 114 valence electrons. The van der Waals surface area contributed by atoms with Gasteiger partial charge in [-0.25, -0.2) is 9.59 Å². The van der Waals surface area contributed by atoms with Crippen molar-refractivity contribution >= 4 is 35.3 Å². The second-order valence-corrected chi connectivity index (χ2v) is 5.87. The maximum absolute atomic E-state index is 11.9. The van der Waals surface area contributed by atoms with Crippen molar-refractivity contribution < 1.29 is 19.4 Å². The van der Waals surface area contributed by atoms with Crippen molar-refractivity contribution in [3.05, 3.63) is 58.6 Å². The van der Waals surface area contributed by atoms with Gasteiger partial charge in [0, 0.05) is 14.8 Å². The van der Waals surface area contributed by atoms with Gasteiger partial charge in [-0.3, -0.25) is 0 Å². The number of benzene rings is 2. The largest absolute Gasteiger partial charge is 0.478 e. The molecule has 0 atom stereocenters. The van der Waals surface area contributed by atoms with Crippen LogP contribution in [-0.2, 0) is 4.74 Å².